The van der Waals surface area contributed by atoms with Gasteiger partial charge in [0.1, 0.15) is 23.1 Å². The molecule has 2 heterocycles. The number of anilines is 1. The number of hydrogen-bond acceptors (Lipinski definition) is 5. The van der Waals surface area contributed by atoms with Gasteiger partial charge in [-0.2, -0.15) is 0 Å². The molecule has 2 aromatic carbocycles. The van der Waals surface area contributed by atoms with Crippen LogP contribution in [0.15, 0.2) is 41.3 Å². The first-order chi connectivity index (χ1) is 14.2. The van der Waals surface area contributed by atoms with E-state index in [0.29, 0.717) is 31.0 Å². The molecule has 160 valence electrons. The second kappa shape index (κ2) is 7.83. The van der Waals surface area contributed by atoms with Gasteiger partial charge < -0.3 is 10.1 Å². The molecule has 9 heteroatoms. The average molecular weight is 453 g/mol. The molecular weight excluding hydrogens is 431 g/mol. The van der Waals surface area contributed by atoms with Gasteiger partial charge in [-0.25, -0.2) is 12.8 Å². The number of carbonyl (C=O) groups is 1. The van der Waals surface area contributed by atoms with Crippen LogP contribution in [0.25, 0.3) is 0 Å². The number of nitrogens with one attached hydrogen (secondary N) is 1. The Morgan fingerprint density at radius 1 is 1.20 bits per heavy atom. The second-order valence-electron chi connectivity index (χ2n) is 7.78. The quantitative estimate of drug-likeness (QED) is 0.753. The zero-order valence-electron chi connectivity index (χ0n) is 16.5. The Morgan fingerprint density at radius 2 is 1.93 bits per heavy atom. The van der Waals surface area contributed by atoms with Gasteiger partial charge in [-0.3, -0.25) is 9.69 Å². The van der Waals surface area contributed by atoms with Crippen LogP contribution < -0.4 is 10.1 Å². The summed E-state index contributed by atoms with van der Waals surface area (Å²) >= 11 is 6.15. The van der Waals surface area contributed by atoms with Crippen molar-refractivity contribution in [3.63, 3.8) is 0 Å². The van der Waals surface area contributed by atoms with Gasteiger partial charge in [-0.1, -0.05) is 11.6 Å². The van der Waals surface area contributed by atoms with Crippen molar-refractivity contribution in [3.05, 3.63) is 52.8 Å². The zero-order valence-corrected chi connectivity index (χ0v) is 18.0. The van der Waals surface area contributed by atoms with E-state index in [9.17, 15) is 17.6 Å². The van der Waals surface area contributed by atoms with Crippen LogP contribution in [0.4, 0.5) is 10.1 Å². The first kappa shape index (κ1) is 21.1. The lowest BCUT2D eigenvalue weighted by atomic mass is 9.73. The molecule has 1 amide bonds. The molecule has 2 aliphatic rings. The summed E-state index contributed by atoms with van der Waals surface area (Å²) in [6.45, 7) is 2.41. The minimum absolute atomic E-state index is 0.0251. The molecule has 0 unspecified atom stereocenters. The number of amides is 1. The Hall–Kier alpha value is -2.16. The molecule has 1 fully saturated rings. The van der Waals surface area contributed by atoms with Gasteiger partial charge in [0.2, 0.25) is 5.91 Å². The maximum absolute atomic E-state index is 14.0. The monoisotopic (exact) mass is 452 g/mol. The van der Waals surface area contributed by atoms with Crippen LogP contribution in [0.3, 0.4) is 0 Å². The molecule has 0 bridgehead atoms. The van der Waals surface area contributed by atoms with Crippen molar-refractivity contribution >= 4 is 33.0 Å². The predicted molar refractivity (Wildman–Crippen MR) is 112 cm³/mol. The van der Waals surface area contributed by atoms with Crippen LogP contribution in [0.1, 0.15) is 18.4 Å². The van der Waals surface area contributed by atoms with E-state index in [1.54, 1.807) is 6.07 Å². The lowest BCUT2D eigenvalue weighted by Gasteiger charge is -2.37. The van der Waals surface area contributed by atoms with E-state index in [0.717, 1.165) is 36.7 Å². The fourth-order valence-electron chi connectivity index (χ4n) is 4.21. The molecule has 0 aliphatic carbocycles. The van der Waals surface area contributed by atoms with Crippen LogP contribution in [-0.2, 0) is 20.0 Å². The van der Waals surface area contributed by atoms with Gasteiger partial charge in [0, 0.05) is 29.6 Å². The van der Waals surface area contributed by atoms with Crippen LogP contribution in [0.5, 0.6) is 5.75 Å². The number of nitrogens with zero attached hydrogens (tertiary/aromatic N) is 1. The molecule has 0 radical (unpaired) electrons. The highest BCUT2D eigenvalue weighted by atomic mass is 35.5. The number of sulfone groups is 1. The number of rotatable bonds is 5. The Balaban J connectivity index is 1.34. The van der Waals surface area contributed by atoms with Crippen molar-refractivity contribution in [1.82, 2.24) is 4.90 Å². The lowest BCUT2D eigenvalue weighted by molar-refractivity contribution is -0.122. The number of carbonyl (C=O) groups excluding carboxylic acids is 1. The fourth-order valence-corrected chi connectivity index (χ4v) is 5.11. The predicted octanol–water partition coefficient (Wildman–Crippen LogP) is 3.25. The highest BCUT2D eigenvalue weighted by molar-refractivity contribution is 7.90. The van der Waals surface area contributed by atoms with Crippen molar-refractivity contribution < 1.29 is 22.3 Å². The van der Waals surface area contributed by atoms with Gasteiger partial charge in [0.25, 0.3) is 0 Å². The zero-order chi connectivity index (χ0) is 21.5. The highest BCUT2D eigenvalue weighted by Gasteiger charge is 2.48. The third-order valence-corrected chi connectivity index (χ3v) is 7.23. The minimum Gasteiger partial charge on any atom is -0.492 e. The van der Waals surface area contributed by atoms with Gasteiger partial charge in [-0.05, 0) is 61.8 Å². The van der Waals surface area contributed by atoms with E-state index >= 15 is 0 Å². The number of piperidine rings is 1. The maximum atomic E-state index is 14.0. The van der Waals surface area contributed by atoms with Crippen LogP contribution in [0.2, 0.25) is 5.02 Å². The normalized spacial score (nSPS) is 18.3. The fraction of sp³-hybridized carbons (Fsp3) is 0.381. The topological polar surface area (TPSA) is 75.7 Å². The van der Waals surface area contributed by atoms with Crippen molar-refractivity contribution in [3.8, 4) is 5.75 Å². The summed E-state index contributed by atoms with van der Waals surface area (Å²) in [6, 6.07) is 9.25. The Bertz CT molecular complexity index is 1100. The van der Waals surface area contributed by atoms with Crippen molar-refractivity contribution in [2.45, 2.75) is 23.2 Å². The molecule has 1 spiro atoms. The SMILES string of the molecule is CS(=O)(=O)c1ccc(OCCN2CCC3(CC2)C(=O)Nc2ccc(Cl)cc23)cc1F. The molecular formula is C21H22ClFN2O4S. The third kappa shape index (κ3) is 3.91. The molecule has 6 nitrogen and oxygen atoms in total. The van der Waals surface area contributed by atoms with Crippen LogP contribution in [0, 0.1) is 5.82 Å². The first-order valence-electron chi connectivity index (χ1n) is 9.65. The summed E-state index contributed by atoms with van der Waals surface area (Å²) in [5.41, 5.74) is 1.26. The smallest absolute Gasteiger partial charge is 0.235 e. The molecule has 4 rings (SSSR count). The Kier molecular flexibility index (Phi) is 5.50. The second-order valence-corrected chi connectivity index (χ2v) is 10.2. The maximum Gasteiger partial charge on any atom is 0.235 e. The third-order valence-electron chi connectivity index (χ3n) is 5.87. The van der Waals surface area contributed by atoms with Crippen molar-refractivity contribution in [2.75, 3.05) is 37.8 Å². The number of likely N-dealkylation sites (tertiary alicyclic amines) is 1. The van der Waals surface area contributed by atoms with Gasteiger partial charge in [0.05, 0.1) is 5.41 Å². The molecule has 1 N–H and O–H groups in total. The number of fused-ring (bicyclic) bond motifs is 2. The van der Waals surface area contributed by atoms with E-state index < -0.39 is 21.1 Å². The highest BCUT2D eigenvalue weighted by Crippen LogP contribution is 2.45. The molecule has 2 aliphatic heterocycles. The number of hydrogen-bond donors (Lipinski definition) is 1. The van der Waals surface area contributed by atoms with Crippen molar-refractivity contribution in [2.24, 2.45) is 0 Å². The molecule has 30 heavy (non-hydrogen) atoms. The van der Waals surface area contributed by atoms with Gasteiger partial charge in [-0.15, -0.1) is 0 Å². The summed E-state index contributed by atoms with van der Waals surface area (Å²) in [5, 5.41) is 3.59. The average Bonchev–Trinajstić information content (AvgIpc) is 2.94. The van der Waals surface area contributed by atoms with Crippen LogP contribution in [-0.4, -0.2) is 51.7 Å². The first-order valence-corrected chi connectivity index (χ1v) is 11.9. The van der Waals surface area contributed by atoms with Crippen LogP contribution >= 0.6 is 11.6 Å². The summed E-state index contributed by atoms with van der Waals surface area (Å²) in [7, 11) is -3.61. The number of ether oxygens (including phenoxy) is 1. The minimum atomic E-state index is -3.61. The summed E-state index contributed by atoms with van der Waals surface area (Å²) < 4.78 is 42.5. The number of halogens is 2. The van der Waals surface area contributed by atoms with E-state index in [-0.39, 0.29) is 16.6 Å². The summed E-state index contributed by atoms with van der Waals surface area (Å²) in [6.07, 6.45) is 2.33. The number of benzene rings is 2. The van der Waals surface area contributed by atoms with Crippen molar-refractivity contribution in [1.29, 1.82) is 0 Å². The largest absolute Gasteiger partial charge is 0.492 e. The molecule has 1 saturated heterocycles. The van der Waals surface area contributed by atoms with E-state index in [1.807, 2.05) is 12.1 Å². The van der Waals surface area contributed by atoms with E-state index in [1.165, 1.54) is 12.1 Å². The van der Waals surface area contributed by atoms with E-state index in [4.69, 9.17) is 16.3 Å². The Morgan fingerprint density at radius 3 is 2.60 bits per heavy atom. The molecule has 0 aromatic heterocycles. The lowest BCUT2D eigenvalue weighted by Crippen LogP contribution is -2.47. The van der Waals surface area contributed by atoms with Gasteiger partial charge >= 0.3 is 0 Å². The molecule has 0 saturated carbocycles. The van der Waals surface area contributed by atoms with Gasteiger partial charge in [0.15, 0.2) is 9.84 Å². The Labute approximate surface area is 179 Å². The van der Waals surface area contributed by atoms with E-state index in [2.05, 4.69) is 10.2 Å². The molecule has 0 atom stereocenters. The summed E-state index contributed by atoms with van der Waals surface area (Å²) in [4.78, 5) is 14.5. The summed E-state index contributed by atoms with van der Waals surface area (Å²) in [5.74, 6) is -0.510. The molecule has 2 aromatic rings. The standard InChI is InChI=1S/C21H22ClFN2O4S/c1-30(27,28)19-5-3-15(13-17(19)23)29-11-10-25-8-6-21(7-9-25)16-12-14(22)2-4-18(16)24-20(21)26/h2-5,12-13H,6-11H2,1H3,(H,24,26).